The van der Waals surface area contributed by atoms with E-state index in [1.807, 2.05) is 7.05 Å². The molecule has 0 aromatic carbocycles. The summed E-state index contributed by atoms with van der Waals surface area (Å²) < 4.78 is 1.71. The maximum absolute atomic E-state index is 3.91. The number of rotatable bonds is 3. The molecule has 1 saturated heterocycles. The summed E-state index contributed by atoms with van der Waals surface area (Å²) in [4.78, 5) is 0. The molecule has 0 bridgehead atoms. The van der Waals surface area contributed by atoms with Gasteiger partial charge in [-0.05, 0) is 29.8 Å². The molecule has 80 valence electrons. The van der Waals surface area contributed by atoms with Gasteiger partial charge in [0.25, 0.3) is 0 Å². The molecule has 0 aliphatic carbocycles. The molecule has 1 aliphatic rings. The minimum absolute atomic E-state index is 0. The van der Waals surface area contributed by atoms with Crippen molar-refractivity contribution in [2.24, 2.45) is 7.05 Å². The van der Waals surface area contributed by atoms with E-state index in [0.717, 1.165) is 17.5 Å². The van der Waals surface area contributed by atoms with Gasteiger partial charge in [0, 0.05) is 18.8 Å². The zero-order chi connectivity index (χ0) is 9.10. The van der Waals surface area contributed by atoms with E-state index in [1.165, 1.54) is 12.8 Å². The molecular weight excluding hydrogens is 222 g/mol. The largest absolute Gasteiger partial charge is 0.313 e. The first-order valence-electron chi connectivity index (χ1n) is 4.45. The van der Waals surface area contributed by atoms with Crippen LogP contribution in [0.4, 0.5) is 0 Å². The molecule has 2 heterocycles. The van der Waals surface area contributed by atoms with E-state index in [2.05, 4.69) is 20.8 Å². The van der Waals surface area contributed by atoms with E-state index in [0.29, 0.717) is 6.04 Å². The second kappa shape index (κ2) is 5.53. The number of tetrazole rings is 1. The topological polar surface area (TPSA) is 55.6 Å². The number of halogens is 1. The van der Waals surface area contributed by atoms with Crippen LogP contribution in [-0.4, -0.2) is 38.5 Å². The standard InChI is InChI=1S/C7H13N5S.ClH/c1-12-7(9-10-11-12)13-5-6-3-2-4-8-6;/h6,8H,2-5H2,1H3;1H. The molecule has 1 fully saturated rings. The van der Waals surface area contributed by atoms with Gasteiger partial charge < -0.3 is 5.32 Å². The Morgan fingerprint density at radius 1 is 1.64 bits per heavy atom. The number of nitrogens with one attached hydrogen (secondary N) is 1. The first-order chi connectivity index (χ1) is 6.36. The molecule has 0 spiro atoms. The molecule has 0 radical (unpaired) electrons. The van der Waals surface area contributed by atoms with Crippen LogP contribution in [0.3, 0.4) is 0 Å². The van der Waals surface area contributed by atoms with Crippen molar-refractivity contribution < 1.29 is 0 Å². The number of hydrogen-bond donors (Lipinski definition) is 1. The van der Waals surface area contributed by atoms with E-state index < -0.39 is 0 Å². The highest BCUT2D eigenvalue weighted by Gasteiger charge is 2.15. The van der Waals surface area contributed by atoms with Gasteiger partial charge in [0.05, 0.1) is 0 Å². The number of hydrogen-bond acceptors (Lipinski definition) is 5. The Kier molecular flexibility index (Phi) is 4.64. The molecule has 2 rings (SSSR count). The summed E-state index contributed by atoms with van der Waals surface area (Å²) in [5, 5.41) is 15.6. The van der Waals surface area contributed by atoms with Crippen molar-refractivity contribution in [1.82, 2.24) is 25.5 Å². The summed E-state index contributed by atoms with van der Waals surface area (Å²) in [5.74, 6) is 1.06. The molecule has 0 saturated carbocycles. The van der Waals surface area contributed by atoms with Crippen molar-refractivity contribution in [2.75, 3.05) is 12.3 Å². The highest BCUT2D eigenvalue weighted by atomic mass is 35.5. The van der Waals surface area contributed by atoms with Gasteiger partial charge in [-0.3, -0.25) is 0 Å². The Hall–Kier alpha value is -0.330. The Labute approximate surface area is 93.4 Å². The Balaban J connectivity index is 0.000000980. The lowest BCUT2D eigenvalue weighted by atomic mass is 10.3. The van der Waals surface area contributed by atoms with Crippen LogP contribution in [0.1, 0.15) is 12.8 Å². The number of nitrogens with zero attached hydrogens (tertiary/aromatic N) is 4. The SMILES string of the molecule is Cl.Cn1nnnc1SCC1CCCN1. The van der Waals surface area contributed by atoms with Crippen LogP contribution in [0.25, 0.3) is 0 Å². The van der Waals surface area contributed by atoms with Gasteiger partial charge >= 0.3 is 0 Å². The molecule has 5 nitrogen and oxygen atoms in total. The third-order valence-corrected chi connectivity index (χ3v) is 3.33. The fourth-order valence-electron chi connectivity index (χ4n) is 1.42. The monoisotopic (exact) mass is 235 g/mol. The third kappa shape index (κ3) is 2.83. The molecule has 14 heavy (non-hydrogen) atoms. The summed E-state index contributed by atoms with van der Waals surface area (Å²) in [6, 6.07) is 0.640. The number of thioether (sulfide) groups is 1. The van der Waals surface area contributed by atoms with Crippen molar-refractivity contribution in [3.63, 3.8) is 0 Å². The minimum atomic E-state index is 0. The van der Waals surface area contributed by atoms with Crippen LogP contribution in [0.2, 0.25) is 0 Å². The Bertz CT molecular complexity index is 273. The van der Waals surface area contributed by atoms with Crippen LogP contribution < -0.4 is 5.32 Å². The molecule has 1 atom stereocenters. The molecular formula is C7H14ClN5S. The predicted molar refractivity (Wildman–Crippen MR) is 57.8 cm³/mol. The lowest BCUT2D eigenvalue weighted by Gasteiger charge is -2.07. The molecule has 1 aliphatic heterocycles. The molecule has 1 aromatic rings. The van der Waals surface area contributed by atoms with Gasteiger partial charge in [-0.25, -0.2) is 4.68 Å². The maximum atomic E-state index is 3.91. The number of aromatic nitrogens is 4. The third-order valence-electron chi connectivity index (χ3n) is 2.16. The Morgan fingerprint density at radius 2 is 2.50 bits per heavy atom. The summed E-state index contributed by atoms with van der Waals surface area (Å²) >= 11 is 1.72. The normalized spacial score (nSPS) is 20.8. The fourth-order valence-corrected chi connectivity index (χ4v) is 2.37. The minimum Gasteiger partial charge on any atom is -0.313 e. The molecule has 1 unspecified atom stereocenters. The van der Waals surface area contributed by atoms with E-state index in [-0.39, 0.29) is 12.4 Å². The van der Waals surface area contributed by atoms with Gasteiger partial charge in [-0.1, -0.05) is 11.8 Å². The van der Waals surface area contributed by atoms with Crippen molar-refractivity contribution in [3.8, 4) is 0 Å². The zero-order valence-corrected chi connectivity index (χ0v) is 9.64. The lowest BCUT2D eigenvalue weighted by molar-refractivity contribution is 0.654. The average molecular weight is 236 g/mol. The van der Waals surface area contributed by atoms with Crippen molar-refractivity contribution in [2.45, 2.75) is 24.0 Å². The van der Waals surface area contributed by atoms with Crippen LogP contribution in [0.15, 0.2) is 5.16 Å². The smallest absolute Gasteiger partial charge is 0.209 e. The van der Waals surface area contributed by atoms with Gasteiger partial charge in [0.2, 0.25) is 5.16 Å². The molecule has 0 amide bonds. The molecule has 1 aromatic heterocycles. The Morgan fingerprint density at radius 3 is 3.07 bits per heavy atom. The van der Waals surface area contributed by atoms with Crippen LogP contribution in [0.5, 0.6) is 0 Å². The zero-order valence-electron chi connectivity index (χ0n) is 8.01. The van der Waals surface area contributed by atoms with E-state index in [9.17, 15) is 0 Å². The van der Waals surface area contributed by atoms with Crippen LogP contribution in [0, 0.1) is 0 Å². The summed E-state index contributed by atoms with van der Waals surface area (Å²) in [6.07, 6.45) is 2.57. The maximum Gasteiger partial charge on any atom is 0.209 e. The van der Waals surface area contributed by atoms with Crippen LogP contribution in [-0.2, 0) is 7.05 Å². The van der Waals surface area contributed by atoms with Crippen molar-refractivity contribution >= 4 is 24.2 Å². The van der Waals surface area contributed by atoms with E-state index in [4.69, 9.17) is 0 Å². The summed E-state index contributed by atoms with van der Waals surface area (Å²) in [5.41, 5.74) is 0. The van der Waals surface area contributed by atoms with Crippen LogP contribution >= 0.6 is 24.2 Å². The molecule has 7 heteroatoms. The predicted octanol–water partition coefficient (Wildman–Crippen LogP) is 0.476. The highest BCUT2D eigenvalue weighted by Crippen LogP contribution is 2.17. The van der Waals surface area contributed by atoms with Crippen molar-refractivity contribution in [3.05, 3.63) is 0 Å². The number of aryl methyl sites for hydroxylation is 1. The van der Waals surface area contributed by atoms with Gasteiger partial charge in [0.15, 0.2) is 0 Å². The fraction of sp³-hybridized carbons (Fsp3) is 0.857. The highest BCUT2D eigenvalue weighted by molar-refractivity contribution is 7.99. The van der Waals surface area contributed by atoms with Gasteiger partial charge in [-0.15, -0.1) is 17.5 Å². The van der Waals surface area contributed by atoms with Gasteiger partial charge in [0.1, 0.15) is 0 Å². The summed E-state index contributed by atoms with van der Waals surface area (Å²) in [6.45, 7) is 1.16. The average Bonchev–Trinajstić information content (AvgIpc) is 2.72. The molecule has 1 N–H and O–H groups in total. The van der Waals surface area contributed by atoms with Gasteiger partial charge in [-0.2, -0.15) is 0 Å². The first-order valence-corrected chi connectivity index (χ1v) is 5.43. The lowest BCUT2D eigenvalue weighted by Crippen LogP contribution is -2.23. The summed E-state index contributed by atoms with van der Waals surface area (Å²) in [7, 11) is 1.87. The first kappa shape index (κ1) is 11.7. The second-order valence-corrected chi connectivity index (χ2v) is 4.18. The van der Waals surface area contributed by atoms with E-state index in [1.54, 1.807) is 16.4 Å². The quantitative estimate of drug-likeness (QED) is 0.773. The van der Waals surface area contributed by atoms with E-state index >= 15 is 0 Å². The van der Waals surface area contributed by atoms with Crippen molar-refractivity contribution in [1.29, 1.82) is 0 Å². The second-order valence-electron chi connectivity index (χ2n) is 3.19.